The highest BCUT2D eigenvalue weighted by Crippen LogP contribution is 2.19. The van der Waals surface area contributed by atoms with E-state index < -0.39 is 9.84 Å². The van der Waals surface area contributed by atoms with E-state index in [0.29, 0.717) is 19.6 Å². The molecule has 0 aromatic heterocycles. The molecule has 2 heterocycles. The van der Waals surface area contributed by atoms with Gasteiger partial charge in [0.05, 0.1) is 30.8 Å². The molecular weight excluding hydrogens is 232 g/mol. The largest absolute Gasteiger partial charge is 0.379 e. The van der Waals surface area contributed by atoms with Gasteiger partial charge in [-0.25, -0.2) is 8.42 Å². The van der Waals surface area contributed by atoms with E-state index in [1.54, 1.807) is 0 Å². The summed E-state index contributed by atoms with van der Waals surface area (Å²) in [6.07, 6.45) is 0.582. The first kappa shape index (κ1) is 11.8. The third-order valence-corrected chi connectivity index (χ3v) is 4.84. The molecule has 1 amide bonds. The molecule has 0 aromatic carbocycles. The van der Waals surface area contributed by atoms with Crippen molar-refractivity contribution >= 4 is 16.2 Å². The van der Waals surface area contributed by atoms with Gasteiger partial charge in [0.2, 0.25) is 6.41 Å². The van der Waals surface area contributed by atoms with Crippen LogP contribution in [0.25, 0.3) is 0 Å². The van der Waals surface area contributed by atoms with Gasteiger partial charge in [0.15, 0.2) is 9.84 Å². The molecule has 2 saturated heterocycles. The number of carbonyl (C=O) groups excluding carboxylic acids is 1. The first-order valence-electron chi connectivity index (χ1n) is 5.34. The Bertz CT molecular complexity index is 351. The number of hydrogen-bond acceptors (Lipinski definition) is 5. The van der Waals surface area contributed by atoms with Crippen molar-refractivity contribution in [1.29, 1.82) is 0 Å². The standard InChI is InChI=1S/C9H16N2O4S/c12-7-10-8-5-16(13,14)6-9(8)11-1-3-15-4-2-11/h7-9H,1-6H2,(H,10,12)/t8-,9-/m0/s1. The monoisotopic (exact) mass is 248 g/mol. The highest BCUT2D eigenvalue weighted by Gasteiger charge is 2.41. The van der Waals surface area contributed by atoms with Gasteiger partial charge in [0, 0.05) is 19.1 Å². The first-order chi connectivity index (χ1) is 7.62. The van der Waals surface area contributed by atoms with Crippen molar-refractivity contribution in [2.24, 2.45) is 0 Å². The van der Waals surface area contributed by atoms with Gasteiger partial charge in [0.25, 0.3) is 0 Å². The normalized spacial score (nSPS) is 34.8. The summed E-state index contributed by atoms with van der Waals surface area (Å²) in [5.74, 6) is 0.187. The fourth-order valence-electron chi connectivity index (χ4n) is 2.34. The Balaban J connectivity index is 2.07. The number of nitrogens with one attached hydrogen (secondary N) is 1. The van der Waals surface area contributed by atoms with E-state index in [1.807, 2.05) is 0 Å². The molecule has 0 radical (unpaired) electrons. The number of morpholine rings is 1. The summed E-state index contributed by atoms with van der Waals surface area (Å²) in [7, 11) is -3.02. The van der Waals surface area contributed by atoms with E-state index in [4.69, 9.17) is 4.74 Å². The summed E-state index contributed by atoms with van der Waals surface area (Å²) in [4.78, 5) is 12.5. The Morgan fingerprint density at radius 2 is 1.94 bits per heavy atom. The number of sulfone groups is 1. The molecule has 2 aliphatic rings. The predicted molar refractivity (Wildman–Crippen MR) is 57.8 cm³/mol. The maximum atomic E-state index is 11.6. The quantitative estimate of drug-likeness (QED) is 0.598. The van der Waals surface area contributed by atoms with Crippen LogP contribution in [-0.2, 0) is 19.4 Å². The van der Waals surface area contributed by atoms with Crippen LogP contribution in [-0.4, -0.2) is 69.6 Å². The molecule has 16 heavy (non-hydrogen) atoms. The van der Waals surface area contributed by atoms with E-state index in [9.17, 15) is 13.2 Å². The molecule has 0 bridgehead atoms. The van der Waals surface area contributed by atoms with Crippen LogP contribution in [0.15, 0.2) is 0 Å². The van der Waals surface area contributed by atoms with Crippen LogP contribution in [0.3, 0.4) is 0 Å². The lowest BCUT2D eigenvalue weighted by molar-refractivity contribution is -0.110. The number of hydrogen-bond donors (Lipinski definition) is 1. The van der Waals surface area contributed by atoms with Gasteiger partial charge in [-0.1, -0.05) is 0 Å². The van der Waals surface area contributed by atoms with Crippen molar-refractivity contribution in [1.82, 2.24) is 10.2 Å². The van der Waals surface area contributed by atoms with E-state index in [0.717, 1.165) is 13.1 Å². The van der Waals surface area contributed by atoms with Crippen molar-refractivity contribution in [3.8, 4) is 0 Å². The van der Waals surface area contributed by atoms with Crippen molar-refractivity contribution in [2.45, 2.75) is 12.1 Å². The minimum atomic E-state index is -3.02. The van der Waals surface area contributed by atoms with Crippen LogP contribution in [0.5, 0.6) is 0 Å². The Kier molecular flexibility index (Phi) is 3.46. The number of nitrogens with zero attached hydrogens (tertiary/aromatic N) is 1. The molecule has 0 saturated carbocycles. The Labute approximate surface area is 94.9 Å². The van der Waals surface area contributed by atoms with Crippen LogP contribution >= 0.6 is 0 Å². The van der Waals surface area contributed by atoms with Gasteiger partial charge in [-0.15, -0.1) is 0 Å². The van der Waals surface area contributed by atoms with Gasteiger partial charge in [-0.2, -0.15) is 0 Å². The minimum absolute atomic E-state index is 0.0494. The molecule has 7 heteroatoms. The fraction of sp³-hybridized carbons (Fsp3) is 0.889. The summed E-state index contributed by atoms with van der Waals surface area (Å²) < 4.78 is 28.3. The van der Waals surface area contributed by atoms with Gasteiger partial charge in [0.1, 0.15) is 0 Å². The third kappa shape index (κ3) is 2.53. The van der Waals surface area contributed by atoms with Gasteiger partial charge in [-0.05, 0) is 0 Å². The third-order valence-electron chi connectivity index (χ3n) is 3.12. The SMILES string of the molecule is O=CN[C@H]1CS(=O)(=O)C[C@@H]1N1CCOCC1. The Hall–Kier alpha value is -0.660. The zero-order valence-electron chi connectivity index (χ0n) is 8.96. The van der Waals surface area contributed by atoms with Crippen LogP contribution in [0.1, 0.15) is 0 Å². The molecule has 0 unspecified atom stereocenters. The van der Waals surface area contributed by atoms with Crippen molar-refractivity contribution in [3.63, 3.8) is 0 Å². The second-order valence-electron chi connectivity index (χ2n) is 4.18. The summed E-state index contributed by atoms with van der Waals surface area (Å²) in [6.45, 7) is 2.73. The number of rotatable bonds is 3. The van der Waals surface area contributed by atoms with Crippen molar-refractivity contribution in [3.05, 3.63) is 0 Å². The maximum absolute atomic E-state index is 11.6. The van der Waals surface area contributed by atoms with E-state index >= 15 is 0 Å². The zero-order valence-corrected chi connectivity index (χ0v) is 9.78. The minimum Gasteiger partial charge on any atom is -0.379 e. The summed E-state index contributed by atoms with van der Waals surface area (Å²) in [5, 5.41) is 2.61. The second kappa shape index (κ2) is 4.68. The van der Waals surface area contributed by atoms with Crippen LogP contribution in [0.4, 0.5) is 0 Å². The van der Waals surface area contributed by atoms with E-state index in [2.05, 4.69) is 10.2 Å². The van der Waals surface area contributed by atoms with E-state index in [1.165, 1.54) is 0 Å². The molecule has 2 atom stereocenters. The molecule has 0 aromatic rings. The Morgan fingerprint density at radius 3 is 2.56 bits per heavy atom. The highest BCUT2D eigenvalue weighted by molar-refractivity contribution is 7.91. The second-order valence-corrected chi connectivity index (χ2v) is 6.34. The highest BCUT2D eigenvalue weighted by atomic mass is 32.2. The van der Waals surface area contributed by atoms with Crippen molar-refractivity contribution in [2.75, 3.05) is 37.8 Å². The van der Waals surface area contributed by atoms with E-state index in [-0.39, 0.29) is 23.6 Å². The fourth-order valence-corrected chi connectivity index (χ4v) is 4.31. The van der Waals surface area contributed by atoms with Crippen LogP contribution in [0.2, 0.25) is 0 Å². The van der Waals surface area contributed by atoms with Crippen LogP contribution < -0.4 is 5.32 Å². The topological polar surface area (TPSA) is 75.7 Å². The summed E-state index contributed by atoms with van der Waals surface area (Å²) >= 11 is 0. The average Bonchev–Trinajstić information content (AvgIpc) is 2.56. The molecule has 6 nitrogen and oxygen atoms in total. The Morgan fingerprint density at radius 1 is 1.25 bits per heavy atom. The molecule has 2 fully saturated rings. The summed E-state index contributed by atoms with van der Waals surface area (Å²) in [6, 6.07) is -0.375. The molecule has 92 valence electrons. The van der Waals surface area contributed by atoms with Gasteiger partial charge in [-0.3, -0.25) is 9.69 Å². The lowest BCUT2D eigenvalue weighted by Crippen LogP contribution is -2.52. The summed E-state index contributed by atoms with van der Waals surface area (Å²) in [5.41, 5.74) is 0. The number of ether oxygens (including phenoxy) is 1. The molecular formula is C9H16N2O4S. The molecule has 0 aliphatic carbocycles. The molecule has 2 rings (SSSR count). The number of amides is 1. The van der Waals surface area contributed by atoms with Crippen molar-refractivity contribution < 1.29 is 17.9 Å². The number of carbonyl (C=O) groups is 1. The van der Waals surface area contributed by atoms with Gasteiger partial charge >= 0.3 is 0 Å². The van der Waals surface area contributed by atoms with Crippen LogP contribution in [0, 0.1) is 0 Å². The average molecular weight is 248 g/mol. The lowest BCUT2D eigenvalue weighted by atomic mass is 10.1. The predicted octanol–water partition coefficient (Wildman–Crippen LogP) is -1.77. The maximum Gasteiger partial charge on any atom is 0.207 e. The smallest absolute Gasteiger partial charge is 0.207 e. The van der Waals surface area contributed by atoms with Gasteiger partial charge < -0.3 is 10.1 Å². The molecule has 0 spiro atoms. The lowest BCUT2D eigenvalue weighted by Gasteiger charge is -2.34. The zero-order chi connectivity index (χ0) is 11.6. The molecule has 1 N–H and O–H groups in total. The molecule has 2 aliphatic heterocycles. The first-order valence-corrected chi connectivity index (χ1v) is 7.16.